The van der Waals surface area contributed by atoms with Gasteiger partial charge < -0.3 is 20.1 Å². The Bertz CT molecular complexity index is 1260. The highest BCUT2D eigenvalue weighted by molar-refractivity contribution is 8.00. The standard InChI is InChI=1S/C21H21N3O6S2/c1-9(2)30-20(29)16-10(3)15-18(28)23-21(24-19(15)32-16)31-11(4)17(27)22-13-7-12(8-25)5-6-14(13)26/h5-9,11,26H,1-4H3,(H,22,27)(H,23,24,28). The highest BCUT2D eigenvalue weighted by Crippen LogP contribution is 2.30. The number of phenolic OH excluding ortho intramolecular Hbond substituents is 1. The van der Waals surface area contributed by atoms with Crippen molar-refractivity contribution in [3.63, 3.8) is 0 Å². The predicted molar refractivity (Wildman–Crippen MR) is 123 cm³/mol. The minimum atomic E-state index is -0.693. The van der Waals surface area contributed by atoms with E-state index in [-0.39, 0.29) is 22.7 Å². The Morgan fingerprint density at radius 3 is 2.69 bits per heavy atom. The van der Waals surface area contributed by atoms with Crippen LogP contribution in [0.25, 0.3) is 10.2 Å². The van der Waals surface area contributed by atoms with Crippen LogP contribution in [0.15, 0.2) is 28.2 Å². The second-order valence-electron chi connectivity index (χ2n) is 7.21. The van der Waals surface area contributed by atoms with Crippen LogP contribution in [-0.2, 0) is 9.53 Å². The maximum atomic E-state index is 12.6. The molecule has 2 aromatic heterocycles. The van der Waals surface area contributed by atoms with Crippen molar-refractivity contribution in [2.24, 2.45) is 0 Å². The molecule has 11 heteroatoms. The zero-order valence-corrected chi connectivity index (χ0v) is 19.3. The van der Waals surface area contributed by atoms with E-state index >= 15 is 0 Å². The molecule has 1 unspecified atom stereocenters. The molecule has 32 heavy (non-hydrogen) atoms. The summed E-state index contributed by atoms with van der Waals surface area (Å²) in [5.41, 5.74) is 0.483. The predicted octanol–water partition coefficient (Wildman–Crippen LogP) is 3.50. The van der Waals surface area contributed by atoms with Gasteiger partial charge in [0.05, 0.1) is 22.4 Å². The van der Waals surface area contributed by atoms with Crippen molar-refractivity contribution in [2.45, 2.75) is 44.2 Å². The number of rotatable bonds is 7. The first-order valence-electron chi connectivity index (χ1n) is 9.60. The van der Waals surface area contributed by atoms with Gasteiger partial charge in [-0.3, -0.25) is 14.4 Å². The quantitative estimate of drug-likeness (QED) is 0.155. The Hall–Kier alpha value is -3.18. The highest BCUT2D eigenvalue weighted by atomic mass is 32.2. The van der Waals surface area contributed by atoms with E-state index in [4.69, 9.17) is 4.74 Å². The zero-order valence-electron chi connectivity index (χ0n) is 17.7. The Kier molecular flexibility index (Phi) is 6.99. The van der Waals surface area contributed by atoms with Crippen molar-refractivity contribution in [1.82, 2.24) is 9.97 Å². The summed E-state index contributed by atoms with van der Waals surface area (Å²) in [5.74, 6) is -1.15. The maximum Gasteiger partial charge on any atom is 0.348 e. The lowest BCUT2D eigenvalue weighted by atomic mass is 10.2. The van der Waals surface area contributed by atoms with Gasteiger partial charge in [-0.2, -0.15) is 0 Å². The van der Waals surface area contributed by atoms with Gasteiger partial charge in [-0.25, -0.2) is 9.78 Å². The van der Waals surface area contributed by atoms with Crippen molar-refractivity contribution in [3.8, 4) is 5.75 Å². The molecular formula is C21H21N3O6S2. The van der Waals surface area contributed by atoms with Crippen LogP contribution in [-0.4, -0.2) is 44.6 Å². The Labute approximate surface area is 191 Å². The molecule has 3 aromatic rings. The molecule has 0 aliphatic rings. The average molecular weight is 476 g/mol. The van der Waals surface area contributed by atoms with Crippen LogP contribution in [0.3, 0.4) is 0 Å². The summed E-state index contributed by atoms with van der Waals surface area (Å²) in [4.78, 5) is 56.1. The number of nitrogens with one attached hydrogen (secondary N) is 2. The number of aldehydes is 1. The number of aromatic hydroxyl groups is 1. The van der Waals surface area contributed by atoms with Gasteiger partial charge in [-0.15, -0.1) is 11.3 Å². The number of thiophene rings is 1. The van der Waals surface area contributed by atoms with Crippen molar-refractivity contribution < 1.29 is 24.2 Å². The van der Waals surface area contributed by atoms with Crippen LogP contribution >= 0.6 is 23.1 Å². The Morgan fingerprint density at radius 1 is 1.31 bits per heavy atom. The molecule has 1 atom stereocenters. The Morgan fingerprint density at radius 2 is 2.03 bits per heavy atom. The van der Waals surface area contributed by atoms with E-state index < -0.39 is 22.7 Å². The number of anilines is 1. The van der Waals surface area contributed by atoms with Gasteiger partial charge in [-0.05, 0) is 51.5 Å². The first kappa shape index (κ1) is 23.5. The molecular weight excluding hydrogens is 454 g/mol. The lowest BCUT2D eigenvalue weighted by molar-refractivity contribution is -0.115. The van der Waals surface area contributed by atoms with Crippen LogP contribution < -0.4 is 10.9 Å². The number of amides is 1. The fraction of sp³-hybridized carbons (Fsp3) is 0.286. The summed E-state index contributed by atoms with van der Waals surface area (Å²) in [6.07, 6.45) is 0.307. The van der Waals surface area contributed by atoms with Crippen molar-refractivity contribution in [3.05, 3.63) is 44.6 Å². The number of thioether (sulfide) groups is 1. The Balaban J connectivity index is 1.82. The van der Waals surface area contributed by atoms with Crippen molar-refractivity contribution in [2.75, 3.05) is 5.32 Å². The van der Waals surface area contributed by atoms with Gasteiger partial charge in [0.2, 0.25) is 5.91 Å². The van der Waals surface area contributed by atoms with Gasteiger partial charge >= 0.3 is 5.97 Å². The van der Waals surface area contributed by atoms with Crippen LogP contribution in [0, 0.1) is 6.92 Å². The number of aromatic amines is 1. The third-order valence-corrected chi connectivity index (χ3v) is 6.53. The number of carbonyl (C=O) groups is 3. The molecule has 0 saturated heterocycles. The van der Waals surface area contributed by atoms with Gasteiger partial charge in [0.25, 0.3) is 5.56 Å². The summed E-state index contributed by atoms with van der Waals surface area (Å²) in [5, 5.41) is 12.3. The number of aryl methyl sites for hydroxylation is 1. The number of ether oxygens (including phenoxy) is 1. The minimum absolute atomic E-state index is 0.103. The van der Waals surface area contributed by atoms with Gasteiger partial charge in [0, 0.05) is 5.56 Å². The largest absolute Gasteiger partial charge is 0.506 e. The molecule has 168 valence electrons. The summed E-state index contributed by atoms with van der Waals surface area (Å²) < 4.78 is 5.23. The highest BCUT2D eigenvalue weighted by Gasteiger charge is 2.23. The summed E-state index contributed by atoms with van der Waals surface area (Å²) in [7, 11) is 0. The monoisotopic (exact) mass is 475 g/mol. The molecule has 0 saturated carbocycles. The minimum Gasteiger partial charge on any atom is -0.506 e. The molecule has 9 nitrogen and oxygen atoms in total. The normalized spacial score (nSPS) is 12.0. The molecule has 3 rings (SSSR count). The zero-order chi connectivity index (χ0) is 23.6. The molecule has 0 fully saturated rings. The lowest BCUT2D eigenvalue weighted by Gasteiger charge is -2.12. The van der Waals surface area contributed by atoms with E-state index in [9.17, 15) is 24.3 Å². The number of aromatic nitrogens is 2. The van der Waals surface area contributed by atoms with E-state index in [2.05, 4.69) is 15.3 Å². The summed E-state index contributed by atoms with van der Waals surface area (Å²) in [6.45, 7) is 6.74. The summed E-state index contributed by atoms with van der Waals surface area (Å²) in [6, 6.07) is 4.09. The van der Waals surface area contributed by atoms with Crippen LogP contribution in [0.1, 0.15) is 46.4 Å². The third-order valence-electron chi connectivity index (χ3n) is 4.38. The van der Waals surface area contributed by atoms with E-state index in [1.165, 1.54) is 18.2 Å². The fourth-order valence-electron chi connectivity index (χ4n) is 2.82. The van der Waals surface area contributed by atoms with Crippen LogP contribution in [0.2, 0.25) is 0 Å². The van der Waals surface area contributed by atoms with Gasteiger partial charge in [-0.1, -0.05) is 11.8 Å². The maximum absolute atomic E-state index is 12.6. The molecule has 0 aliphatic carbocycles. The number of nitrogens with zero attached hydrogens (tertiary/aromatic N) is 1. The molecule has 0 spiro atoms. The van der Waals surface area contributed by atoms with Crippen molar-refractivity contribution in [1.29, 1.82) is 0 Å². The third kappa shape index (κ3) is 5.00. The lowest BCUT2D eigenvalue weighted by Crippen LogP contribution is -2.23. The van der Waals surface area contributed by atoms with E-state index in [0.717, 1.165) is 23.1 Å². The molecule has 0 radical (unpaired) electrons. The average Bonchev–Trinajstić information content (AvgIpc) is 3.06. The fourth-order valence-corrected chi connectivity index (χ4v) is 4.74. The first-order valence-corrected chi connectivity index (χ1v) is 11.3. The molecule has 1 amide bonds. The SMILES string of the molecule is Cc1c(C(=O)OC(C)C)sc2nc(SC(C)C(=O)Nc3cc(C=O)ccc3O)[nH]c(=O)c12. The second kappa shape index (κ2) is 9.53. The first-order chi connectivity index (χ1) is 15.1. The topological polar surface area (TPSA) is 138 Å². The number of phenols is 1. The molecule has 1 aromatic carbocycles. The number of benzene rings is 1. The number of hydrogen-bond donors (Lipinski definition) is 3. The number of esters is 1. The molecule has 3 N–H and O–H groups in total. The van der Waals surface area contributed by atoms with Gasteiger partial charge in [0.1, 0.15) is 21.7 Å². The number of hydrogen-bond acceptors (Lipinski definition) is 9. The number of H-pyrrole nitrogens is 1. The van der Waals surface area contributed by atoms with Crippen molar-refractivity contribution >= 4 is 57.2 Å². The van der Waals surface area contributed by atoms with E-state index in [1.807, 2.05) is 0 Å². The molecule has 0 bridgehead atoms. The smallest absolute Gasteiger partial charge is 0.348 e. The number of fused-ring (bicyclic) bond motifs is 1. The number of carbonyl (C=O) groups excluding carboxylic acids is 3. The molecule has 0 aliphatic heterocycles. The van der Waals surface area contributed by atoms with Crippen LogP contribution in [0.4, 0.5) is 5.69 Å². The molecule has 2 heterocycles. The van der Waals surface area contributed by atoms with Crippen LogP contribution in [0.5, 0.6) is 5.75 Å². The second-order valence-corrected chi connectivity index (χ2v) is 9.53. The summed E-state index contributed by atoms with van der Waals surface area (Å²) >= 11 is 2.07. The van der Waals surface area contributed by atoms with E-state index in [1.54, 1.807) is 27.7 Å². The van der Waals surface area contributed by atoms with E-state index in [0.29, 0.717) is 32.5 Å². The van der Waals surface area contributed by atoms with Gasteiger partial charge in [0.15, 0.2) is 5.16 Å².